The number of unbranched alkanes of at least 4 members (excludes halogenated alkanes) is 4. The number of halogens is 1. The molecule has 3 rings (SSSR count). The van der Waals surface area contributed by atoms with Crippen LogP contribution in [0.1, 0.15) is 92.9 Å². The zero-order chi connectivity index (χ0) is 31.1. The van der Waals surface area contributed by atoms with Crippen molar-refractivity contribution >= 4 is 36.4 Å². The lowest BCUT2D eigenvalue weighted by molar-refractivity contribution is -0.302. The van der Waals surface area contributed by atoms with Gasteiger partial charge in [0, 0.05) is 13.2 Å². The molecule has 2 nitrogen and oxygen atoms in total. The molecule has 0 spiro atoms. The van der Waals surface area contributed by atoms with Crippen LogP contribution < -0.4 is 38.0 Å². The smallest absolute Gasteiger partial charge is 0.111 e. The van der Waals surface area contributed by atoms with Crippen LogP contribution in [0.15, 0.2) is 91.0 Å². The van der Waals surface area contributed by atoms with Crippen LogP contribution in [0.4, 0.5) is 0 Å². The summed E-state index contributed by atoms with van der Waals surface area (Å²) in [4.78, 5) is 8.89. The van der Waals surface area contributed by atoms with E-state index in [1.54, 1.807) is 24.6 Å². The summed E-state index contributed by atoms with van der Waals surface area (Å²) in [5.41, 5.74) is 0. The number of aliphatic carboxylic acids is 1. The first-order chi connectivity index (χ1) is 20.4. The molecule has 5 heteroatoms. The normalized spacial score (nSPS) is 10.8. The fraction of sp³-hybridized carbons (Fsp3) is 0.500. The van der Waals surface area contributed by atoms with E-state index in [2.05, 4.69) is 126 Å². The highest BCUT2D eigenvalue weighted by Crippen LogP contribution is 2.61. The summed E-state index contributed by atoms with van der Waals surface area (Å²) in [7, 11) is -2.10. The molecule has 43 heavy (non-hydrogen) atoms. The molecule has 0 aromatic heterocycles. The first-order valence-electron chi connectivity index (χ1n) is 16.4. The second kappa shape index (κ2) is 24.8. The first kappa shape index (κ1) is 41.5. The number of carbonyl (C=O) groups excluding carboxylic acids is 1. The van der Waals surface area contributed by atoms with E-state index in [0.717, 1.165) is 13.1 Å². The molecule has 0 N–H and O–H groups in total. The van der Waals surface area contributed by atoms with Crippen LogP contribution in [0.2, 0.25) is 0 Å². The Morgan fingerprint density at radius 1 is 0.535 bits per heavy atom. The van der Waals surface area contributed by atoms with Crippen molar-refractivity contribution in [2.24, 2.45) is 0 Å². The van der Waals surface area contributed by atoms with E-state index in [9.17, 15) is 0 Å². The van der Waals surface area contributed by atoms with Gasteiger partial charge in [0.05, 0.1) is 30.8 Å². The van der Waals surface area contributed by atoms with Gasteiger partial charge in [-0.3, -0.25) is 0 Å². The van der Waals surface area contributed by atoms with Gasteiger partial charge in [-0.05, 0) is 75.9 Å². The summed E-state index contributed by atoms with van der Waals surface area (Å²) in [6.07, 6.45) is 19.1. The van der Waals surface area contributed by atoms with Gasteiger partial charge in [0.25, 0.3) is 0 Å². The van der Waals surface area contributed by atoms with Gasteiger partial charge in [-0.2, -0.15) is 0 Å². The monoisotopic (exact) mass is 688 g/mol. The second-order valence-corrected chi connectivity index (χ2v) is 19.5. The third-order valence-electron chi connectivity index (χ3n) is 8.01. The minimum atomic E-state index is -1.53. The molecule has 3 aromatic carbocycles. The zero-order valence-corrected chi connectivity index (χ0v) is 31.3. The Kier molecular flexibility index (Phi) is 23.9. The molecule has 0 heterocycles. The Bertz CT molecular complexity index is 923. The number of carbonyl (C=O) groups is 1. The standard InChI is InChI=1S/C20H20P.C16H36P.C2H4O2.BrH/c1-2-21(18-12-6-3-7-13-18,19-14-8-4-9-15-19)20-16-10-5-11-17-20;1-5-9-13-17(14-10-6-2,15-11-7-3)16-12-8-4;1-2(3)4;/h3-17H,2H2,1H3;5-16H2,1-4H3;1H3,(H,3,4);1H/q2*+1;;/p-2. The maximum atomic E-state index is 8.89. The van der Waals surface area contributed by atoms with Gasteiger partial charge in [-0.1, -0.05) is 108 Å². The molecular weight excluding hydrogens is 630 g/mol. The van der Waals surface area contributed by atoms with Gasteiger partial charge in [-0.25, -0.2) is 0 Å². The van der Waals surface area contributed by atoms with Gasteiger partial charge in [0.1, 0.15) is 23.2 Å². The van der Waals surface area contributed by atoms with Gasteiger partial charge in [0.2, 0.25) is 0 Å². The van der Waals surface area contributed by atoms with Crippen molar-refractivity contribution < 1.29 is 26.9 Å². The number of carboxylic acid groups (broad SMARTS) is 1. The SMILES string of the molecule is CC(=O)[O-].CCCC[P+](CCCC)(CCCC)CCCC.CC[P+](c1ccccc1)(c1ccccc1)c1ccccc1.[Br-]. The third kappa shape index (κ3) is 14.9. The molecule has 0 unspecified atom stereocenters. The Balaban J connectivity index is 0.000000730. The summed E-state index contributed by atoms with van der Waals surface area (Å²) >= 11 is 0. The molecule has 0 radical (unpaired) electrons. The quantitative estimate of drug-likeness (QED) is 0.174. The fourth-order valence-electron chi connectivity index (χ4n) is 5.69. The third-order valence-corrected chi connectivity index (χ3v) is 17.6. The summed E-state index contributed by atoms with van der Waals surface area (Å²) in [6.45, 7) is 12.7. The van der Waals surface area contributed by atoms with E-state index in [-0.39, 0.29) is 17.0 Å². The predicted molar refractivity (Wildman–Crippen MR) is 192 cm³/mol. The summed E-state index contributed by atoms with van der Waals surface area (Å²) in [6, 6.07) is 33.0. The van der Waals surface area contributed by atoms with Crippen molar-refractivity contribution in [1.82, 2.24) is 0 Å². The Labute approximate surface area is 276 Å². The van der Waals surface area contributed by atoms with Crippen molar-refractivity contribution in [3.63, 3.8) is 0 Å². The molecule has 0 aliphatic heterocycles. The Hall–Kier alpha value is -1.53. The Morgan fingerprint density at radius 2 is 0.767 bits per heavy atom. The van der Waals surface area contributed by atoms with E-state index in [4.69, 9.17) is 9.90 Å². The van der Waals surface area contributed by atoms with Crippen LogP contribution in [0.3, 0.4) is 0 Å². The molecule has 0 saturated heterocycles. The van der Waals surface area contributed by atoms with Gasteiger partial charge >= 0.3 is 0 Å². The van der Waals surface area contributed by atoms with Crippen LogP contribution >= 0.6 is 14.5 Å². The first-order valence-corrected chi connectivity index (χ1v) is 20.9. The van der Waals surface area contributed by atoms with E-state index in [1.807, 2.05) is 0 Å². The lowest BCUT2D eigenvalue weighted by Gasteiger charge is -2.28. The van der Waals surface area contributed by atoms with Crippen LogP contribution in [-0.2, 0) is 4.79 Å². The van der Waals surface area contributed by atoms with Gasteiger partial charge < -0.3 is 26.9 Å². The number of benzene rings is 3. The van der Waals surface area contributed by atoms with Crippen molar-refractivity contribution in [3.8, 4) is 0 Å². The number of carboxylic acids is 1. The number of hydrogen-bond donors (Lipinski definition) is 0. The van der Waals surface area contributed by atoms with Crippen LogP contribution in [0, 0.1) is 0 Å². The molecule has 3 aromatic rings. The largest absolute Gasteiger partial charge is 1.00 e. The highest BCUT2D eigenvalue weighted by molar-refractivity contribution is 7.95. The highest BCUT2D eigenvalue weighted by atomic mass is 79.9. The van der Waals surface area contributed by atoms with E-state index >= 15 is 0 Å². The number of hydrogen-bond acceptors (Lipinski definition) is 2. The van der Waals surface area contributed by atoms with Crippen molar-refractivity contribution in [2.75, 3.05) is 30.8 Å². The molecule has 0 aliphatic rings. The predicted octanol–water partition coefficient (Wildman–Crippen LogP) is 5.97. The molecular formula is C38H59BrO2P2. The summed E-state index contributed by atoms with van der Waals surface area (Å²) in [5, 5.41) is 13.3. The zero-order valence-electron chi connectivity index (χ0n) is 27.9. The molecule has 240 valence electrons. The molecule has 0 atom stereocenters. The van der Waals surface area contributed by atoms with Crippen molar-refractivity contribution in [2.45, 2.75) is 92.9 Å². The van der Waals surface area contributed by atoms with E-state index < -0.39 is 20.5 Å². The lowest BCUT2D eigenvalue weighted by Crippen LogP contribution is -3.00. The minimum Gasteiger partial charge on any atom is -1.00 e. The highest BCUT2D eigenvalue weighted by Gasteiger charge is 2.43. The molecule has 0 bridgehead atoms. The summed E-state index contributed by atoms with van der Waals surface area (Å²) in [5.74, 6) is -1.08. The average Bonchev–Trinajstić information content (AvgIpc) is 3.03. The second-order valence-electron chi connectivity index (χ2n) is 11.3. The van der Waals surface area contributed by atoms with Gasteiger partial charge in [-0.15, -0.1) is 0 Å². The van der Waals surface area contributed by atoms with Crippen LogP contribution in [0.25, 0.3) is 0 Å². The van der Waals surface area contributed by atoms with Gasteiger partial charge in [0.15, 0.2) is 0 Å². The van der Waals surface area contributed by atoms with Crippen LogP contribution in [-0.4, -0.2) is 36.8 Å². The summed E-state index contributed by atoms with van der Waals surface area (Å²) < 4.78 is 0. The van der Waals surface area contributed by atoms with Crippen molar-refractivity contribution in [1.29, 1.82) is 0 Å². The van der Waals surface area contributed by atoms with E-state index in [1.165, 1.54) is 67.3 Å². The fourth-order valence-corrected chi connectivity index (χ4v) is 15.0. The lowest BCUT2D eigenvalue weighted by atomic mass is 10.4. The van der Waals surface area contributed by atoms with E-state index in [0.29, 0.717) is 0 Å². The van der Waals surface area contributed by atoms with Crippen LogP contribution in [0.5, 0.6) is 0 Å². The maximum Gasteiger partial charge on any atom is 0.111 e. The molecule has 0 aliphatic carbocycles. The molecule has 0 saturated carbocycles. The average molecular weight is 690 g/mol. The molecule has 0 amide bonds. The molecule has 0 fully saturated rings. The topological polar surface area (TPSA) is 40.1 Å². The minimum absolute atomic E-state index is 0. The Morgan fingerprint density at radius 3 is 0.953 bits per heavy atom. The number of rotatable bonds is 16. The maximum absolute atomic E-state index is 8.89. The van der Waals surface area contributed by atoms with Crippen molar-refractivity contribution in [3.05, 3.63) is 91.0 Å².